The van der Waals surface area contributed by atoms with E-state index < -0.39 is 11.8 Å². The zero-order valence-corrected chi connectivity index (χ0v) is 10.8. The van der Waals surface area contributed by atoms with Crippen molar-refractivity contribution in [3.63, 3.8) is 0 Å². The van der Waals surface area contributed by atoms with Crippen LogP contribution in [0.25, 0.3) is 0 Å². The summed E-state index contributed by atoms with van der Waals surface area (Å²) < 4.78 is 4.75. The number of hydrogen-bond donors (Lipinski definition) is 3. The van der Waals surface area contributed by atoms with Gasteiger partial charge in [-0.05, 0) is 24.1 Å². The summed E-state index contributed by atoms with van der Waals surface area (Å²) in [5.74, 6) is -1.12. The Morgan fingerprint density at radius 3 is 2.26 bits per heavy atom. The highest BCUT2D eigenvalue weighted by atomic mass is 16.5. The molecule has 104 valence electrons. The fraction of sp³-hybridized carbons (Fsp3) is 0.385. The largest absolute Gasteiger partial charge is 0.508 e. The van der Waals surface area contributed by atoms with Gasteiger partial charge < -0.3 is 20.5 Å². The van der Waals surface area contributed by atoms with Gasteiger partial charge in [0.2, 0.25) is 0 Å². The second kappa shape index (κ2) is 8.10. The lowest BCUT2D eigenvalue weighted by molar-refractivity contribution is -0.139. The van der Waals surface area contributed by atoms with Crippen molar-refractivity contribution >= 4 is 11.8 Å². The minimum absolute atomic E-state index is 0.199. The van der Waals surface area contributed by atoms with Crippen LogP contribution in [-0.2, 0) is 20.7 Å². The maximum atomic E-state index is 11.4. The zero-order chi connectivity index (χ0) is 14.1. The summed E-state index contributed by atoms with van der Waals surface area (Å²) in [5, 5.41) is 14.1. The minimum Gasteiger partial charge on any atom is -0.508 e. The molecule has 0 aliphatic rings. The summed E-state index contributed by atoms with van der Waals surface area (Å²) in [6, 6.07) is 6.68. The van der Waals surface area contributed by atoms with Gasteiger partial charge in [-0.2, -0.15) is 0 Å². The highest BCUT2D eigenvalue weighted by molar-refractivity contribution is 6.35. The van der Waals surface area contributed by atoms with Gasteiger partial charge in [0.15, 0.2) is 0 Å². The Hall–Kier alpha value is -2.08. The molecular weight excluding hydrogens is 248 g/mol. The van der Waals surface area contributed by atoms with Crippen LogP contribution in [-0.4, -0.2) is 43.7 Å². The van der Waals surface area contributed by atoms with Gasteiger partial charge in [-0.3, -0.25) is 9.59 Å². The molecule has 0 aromatic heterocycles. The van der Waals surface area contributed by atoms with E-state index in [9.17, 15) is 9.59 Å². The van der Waals surface area contributed by atoms with E-state index in [1.165, 1.54) is 7.11 Å². The Balaban J connectivity index is 2.23. The quantitative estimate of drug-likeness (QED) is 0.492. The fourth-order valence-electron chi connectivity index (χ4n) is 1.41. The Morgan fingerprint density at radius 1 is 1.11 bits per heavy atom. The van der Waals surface area contributed by atoms with E-state index in [2.05, 4.69) is 10.6 Å². The zero-order valence-electron chi connectivity index (χ0n) is 10.8. The summed E-state index contributed by atoms with van der Waals surface area (Å²) >= 11 is 0. The van der Waals surface area contributed by atoms with E-state index in [0.717, 1.165) is 5.56 Å². The second-order valence-corrected chi connectivity index (χ2v) is 3.92. The number of aromatic hydroxyl groups is 1. The molecule has 0 saturated heterocycles. The molecule has 2 amide bonds. The molecule has 0 atom stereocenters. The van der Waals surface area contributed by atoms with Crippen molar-refractivity contribution in [2.24, 2.45) is 0 Å². The van der Waals surface area contributed by atoms with Crippen LogP contribution in [0, 0.1) is 0 Å². The Labute approximate surface area is 111 Å². The molecule has 3 N–H and O–H groups in total. The first-order valence-corrected chi connectivity index (χ1v) is 5.96. The fourth-order valence-corrected chi connectivity index (χ4v) is 1.41. The van der Waals surface area contributed by atoms with Crippen LogP contribution in [0.2, 0.25) is 0 Å². The molecule has 6 heteroatoms. The monoisotopic (exact) mass is 266 g/mol. The Kier molecular flexibility index (Phi) is 6.38. The van der Waals surface area contributed by atoms with E-state index in [1.54, 1.807) is 24.3 Å². The lowest BCUT2D eigenvalue weighted by Gasteiger charge is -2.06. The topological polar surface area (TPSA) is 87.7 Å². The molecule has 0 saturated carbocycles. The van der Waals surface area contributed by atoms with Crippen LogP contribution in [0.4, 0.5) is 0 Å². The number of rotatable bonds is 6. The predicted molar refractivity (Wildman–Crippen MR) is 69.7 cm³/mol. The number of methoxy groups -OCH3 is 1. The van der Waals surface area contributed by atoms with Crippen molar-refractivity contribution in [2.75, 3.05) is 26.8 Å². The van der Waals surface area contributed by atoms with Crippen LogP contribution >= 0.6 is 0 Å². The Bertz CT molecular complexity index is 417. The maximum absolute atomic E-state index is 11.4. The number of carbonyl (C=O) groups is 2. The van der Waals surface area contributed by atoms with Gasteiger partial charge in [-0.25, -0.2) is 0 Å². The van der Waals surface area contributed by atoms with Gasteiger partial charge in [0.25, 0.3) is 0 Å². The number of amides is 2. The van der Waals surface area contributed by atoms with Crippen LogP contribution in [0.15, 0.2) is 24.3 Å². The van der Waals surface area contributed by atoms with Crippen LogP contribution in [0.5, 0.6) is 5.75 Å². The smallest absolute Gasteiger partial charge is 0.309 e. The molecule has 0 aliphatic heterocycles. The van der Waals surface area contributed by atoms with Gasteiger partial charge in [-0.15, -0.1) is 0 Å². The first kappa shape index (κ1) is 15.0. The first-order chi connectivity index (χ1) is 9.13. The maximum Gasteiger partial charge on any atom is 0.309 e. The van der Waals surface area contributed by atoms with Crippen molar-refractivity contribution in [1.82, 2.24) is 10.6 Å². The van der Waals surface area contributed by atoms with Crippen molar-refractivity contribution < 1.29 is 19.4 Å². The number of benzene rings is 1. The minimum atomic E-state index is -0.664. The number of phenolic OH excluding ortho intramolecular Hbond substituents is 1. The number of carbonyl (C=O) groups excluding carboxylic acids is 2. The summed E-state index contributed by atoms with van der Waals surface area (Å²) in [5.41, 5.74) is 0.970. The van der Waals surface area contributed by atoms with E-state index in [4.69, 9.17) is 9.84 Å². The molecule has 0 fully saturated rings. The van der Waals surface area contributed by atoms with E-state index in [-0.39, 0.29) is 5.75 Å². The van der Waals surface area contributed by atoms with Crippen molar-refractivity contribution in [3.8, 4) is 5.75 Å². The molecule has 6 nitrogen and oxygen atoms in total. The molecular formula is C13H18N2O4. The molecule has 0 unspecified atom stereocenters. The van der Waals surface area contributed by atoms with Crippen LogP contribution in [0.3, 0.4) is 0 Å². The molecule has 1 aromatic carbocycles. The van der Waals surface area contributed by atoms with Crippen molar-refractivity contribution in [2.45, 2.75) is 6.42 Å². The van der Waals surface area contributed by atoms with Gasteiger partial charge in [-0.1, -0.05) is 12.1 Å². The molecule has 0 bridgehead atoms. The number of ether oxygens (including phenoxy) is 1. The summed E-state index contributed by atoms with van der Waals surface area (Å²) in [6.45, 7) is 1.04. The average molecular weight is 266 g/mol. The van der Waals surface area contributed by atoms with Gasteiger partial charge in [0.05, 0.1) is 6.61 Å². The van der Waals surface area contributed by atoms with Gasteiger partial charge >= 0.3 is 11.8 Å². The number of phenols is 1. The molecule has 0 radical (unpaired) electrons. The average Bonchev–Trinajstić information content (AvgIpc) is 2.41. The SMILES string of the molecule is COCCNC(=O)C(=O)NCCc1ccc(O)cc1. The normalized spacial score (nSPS) is 9.95. The third kappa shape index (κ3) is 5.87. The lowest BCUT2D eigenvalue weighted by atomic mass is 10.1. The molecule has 1 aromatic rings. The molecule has 1 rings (SSSR count). The van der Waals surface area contributed by atoms with Gasteiger partial charge in [0.1, 0.15) is 5.75 Å². The van der Waals surface area contributed by atoms with Crippen molar-refractivity contribution in [1.29, 1.82) is 0 Å². The van der Waals surface area contributed by atoms with Crippen molar-refractivity contribution in [3.05, 3.63) is 29.8 Å². The summed E-state index contributed by atoms with van der Waals surface area (Å²) in [7, 11) is 1.52. The lowest BCUT2D eigenvalue weighted by Crippen LogP contribution is -2.41. The van der Waals surface area contributed by atoms with Gasteiger partial charge in [0, 0.05) is 20.2 Å². The Morgan fingerprint density at radius 2 is 1.68 bits per heavy atom. The summed E-state index contributed by atoms with van der Waals surface area (Å²) in [6.07, 6.45) is 0.595. The second-order valence-electron chi connectivity index (χ2n) is 3.92. The number of hydrogen-bond acceptors (Lipinski definition) is 4. The highest BCUT2D eigenvalue weighted by Gasteiger charge is 2.11. The van der Waals surface area contributed by atoms with Crippen LogP contribution in [0.1, 0.15) is 5.56 Å². The molecule has 0 heterocycles. The van der Waals surface area contributed by atoms with E-state index in [0.29, 0.717) is 26.1 Å². The first-order valence-electron chi connectivity index (χ1n) is 5.96. The van der Waals surface area contributed by atoms with Crippen LogP contribution < -0.4 is 10.6 Å². The third-order valence-electron chi connectivity index (χ3n) is 2.43. The van der Waals surface area contributed by atoms with E-state index in [1.807, 2.05) is 0 Å². The standard InChI is InChI=1S/C13H18N2O4/c1-19-9-8-15-13(18)12(17)14-7-6-10-2-4-11(16)5-3-10/h2-5,16H,6-9H2,1H3,(H,14,17)(H,15,18). The van der Waals surface area contributed by atoms with E-state index >= 15 is 0 Å². The molecule has 0 aliphatic carbocycles. The predicted octanol–water partition coefficient (Wildman–Crippen LogP) is -0.186. The number of nitrogens with one attached hydrogen (secondary N) is 2. The highest BCUT2D eigenvalue weighted by Crippen LogP contribution is 2.09. The molecule has 0 spiro atoms. The molecule has 19 heavy (non-hydrogen) atoms. The third-order valence-corrected chi connectivity index (χ3v) is 2.43. The summed E-state index contributed by atoms with van der Waals surface area (Å²) in [4.78, 5) is 22.7.